The summed E-state index contributed by atoms with van der Waals surface area (Å²) in [7, 11) is 0. The number of aromatic nitrogens is 2. The van der Waals surface area contributed by atoms with Gasteiger partial charge in [-0.25, -0.2) is 4.39 Å². The van der Waals surface area contributed by atoms with Gasteiger partial charge >= 0.3 is 0 Å². The minimum Gasteiger partial charge on any atom is -0.484 e. The van der Waals surface area contributed by atoms with Crippen molar-refractivity contribution in [2.24, 2.45) is 5.92 Å². The van der Waals surface area contributed by atoms with Crippen LogP contribution in [-0.4, -0.2) is 22.7 Å². The van der Waals surface area contributed by atoms with E-state index < -0.39 is 0 Å². The van der Waals surface area contributed by atoms with Crippen molar-refractivity contribution in [1.29, 1.82) is 0 Å². The third-order valence-electron chi connectivity index (χ3n) is 4.04. The van der Waals surface area contributed by atoms with E-state index in [1.807, 2.05) is 13.8 Å². The highest BCUT2D eigenvalue weighted by Gasteiger charge is 2.18. The minimum absolute atomic E-state index is 0.121. The third-order valence-corrected chi connectivity index (χ3v) is 4.04. The third kappa shape index (κ3) is 4.91. The van der Waals surface area contributed by atoms with Gasteiger partial charge < -0.3 is 14.5 Å². The van der Waals surface area contributed by atoms with Crippen molar-refractivity contribution in [3.8, 4) is 17.2 Å². The zero-order valence-corrected chi connectivity index (χ0v) is 15.1. The number of carbonyl (C=O) groups excluding carboxylic acids is 1. The van der Waals surface area contributed by atoms with E-state index in [0.717, 1.165) is 11.1 Å². The molecule has 0 saturated carbocycles. The van der Waals surface area contributed by atoms with Crippen molar-refractivity contribution in [3.63, 3.8) is 0 Å². The lowest BCUT2D eigenvalue weighted by molar-refractivity contribution is -0.124. The van der Waals surface area contributed by atoms with Crippen LogP contribution >= 0.6 is 0 Å². The normalized spacial score (nSPS) is 12.0. The second kappa shape index (κ2) is 8.44. The van der Waals surface area contributed by atoms with E-state index in [4.69, 9.17) is 9.15 Å². The fraction of sp³-hybridized carbons (Fsp3) is 0.250. The second-order valence-electron chi connectivity index (χ2n) is 6.40. The molecule has 3 rings (SSSR count). The number of hydrogen-bond acceptors (Lipinski definition) is 5. The zero-order valence-electron chi connectivity index (χ0n) is 15.1. The molecule has 1 unspecified atom stereocenters. The van der Waals surface area contributed by atoms with Crippen LogP contribution in [0.1, 0.15) is 25.5 Å². The molecule has 0 saturated heterocycles. The molecule has 0 fully saturated rings. The summed E-state index contributed by atoms with van der Waals surface area (Å²) in [5.41, 5.74) is 1.61. The monoisotopic (exact) mass is 369 g/mol. The summed E-state index contributed by atoms with van der Waals surface area (Å²) >= 11 is 0. The van der Waals surface area contributed by atoms with Crippen molar-refractivity contribution in [2.45, 2.75) is 19.9 Å². The summed E-state index contributed by atoms with van der Waals surface area (Å²) < 4.78 is 23.8. The van der Waals surface area contributed by atoms with Crippen molar-refractivity contribution < 1.29 is 18.3 Å². The lowest BCUT2D eigenvalue weighted by atomic mass is 9.96. The second-order valence-corrected chi connectivity index (χ2v) is 6.40. The fourth-order valence-corrected chi connectivity index (χ4v) is 2.66. The molecular weight excluding hydrogens is 349 g/mol. The smallest absolute Gasteiger partial charge is 0.258 e. The average molecular weight is 369 g/mol. The van der Waals surface area contributed by atoms with Crippen LogP contribution < -0.4 is 10.1 Å². The largest absolute Gasteiger partial charge is 0.484 e. The Balaban J connectivity index is 1.57. The number of rotatable bonds is 7. The van der Waals surface area contributed by atoms with Gasteiger partial charge in [-0.1, -0.05) is 26.0 Å². The van der Waals surface area contributed by atoms with Gasteiger partial charge in [0.2, 0.25) is 12.3 Å². The molecule has 0 radical (unpaired) electrons. The Labute approximate surface area is 156 Å². The van der Waals surface area contributed by atoms with Crippen LogP contribution in [0.25, 0.3) is 11.5 Å². The van der Waals surface area contributed by atoms with Crippen LogP contribution in [0.3, 0.4) is 0 Å². The van der Waals surface area contributed by atoms with Crippen molar-refractivity contribution in [2.75, 3.05) is 6.61 Å². The van der Waals surface area contributed by atoms with Crippen LogP contribution in [0.4, 0.5) is 4.39 Å². The van der Waals surface area contributed by atoms with Crippen molar-refractivity contribution >= 4 is 5.91 Å². The molecule has 0 aliphatic carbocycles. The van der Waals surface area contributed by atoms with E-state index in [1.54, 1.807) is 36.4 Å². The molecule has 6 nitrogen and oxygen atoms in total. The molecular formula is C20H20FN3O3. The molecule has 2 aromatic carbocycles. The van der Waals surface area contributed by atoms with Gasteiger partial charge in [-0.3, -0.25) is 4.79 Å². The van der Waals surface area contributed by atoms with Gasteiger partial charge in [0.15, 0.2) is 6.61 Å². The lowest BCUT2D eigenvalue weighted by Crippen LogP contribution is -2.35. The summed E-state index contributed by atoms with van der Waals surface area (Å²) in [6.45, 7) is 3.86. The number of benzene rings is 2. The molecule has 1 atom stereocenters. The molecule has 0 spiro atoms. The molecule has 0 aliphatic rings. The first-order valence-electron chi connectivity index (χ1n) is 8.57. The van der Waals surface area contributed by atoms with Crippen LogP contribution in [0.5, 0.6) is 5.75 Å². The van der Waals surface area contributed by atoms with Gasteiger partial charge in [0.05, 0.1) is 6.04 Å². The van der Waals surface area contributed by atoms with Crippen LogP contribution in [0, 0.1) is 11.7 Å². The van der Waals surface area contributed by atoms with E-state index in [9.17, 15) is 9.18 Å². The van der Waals surface area contributed by atoms with Gasteiger partial charge in [0.1, 0.15) is 11.6 Å². The SMILES string of the molecule is CC(C)C(NC(=O)COc1ccc(-c2nnco2)cc1)c1ccc(F)cc1. The maximum absolute atomic E-state index is 13.1. The number of amides is 1. The van der Waals surface area contributed by atoms with Gasteiger partial charge in [-0.05, 0) is 47.9 Å². The molecule has 3 aromatic rings. The number of carbonyl (C=O) groups is 1. The Kier molecular flexibility index (Phi) is 5.80. The van der Waals surface area contributed by atoms with Crippen LogP contribution in [0.2, 0.25) is 0 Å². The summed E-state index contributed by atoms with van der Waals surface area (Å²) in [6, 6.07) is 12.9. The van der Waals surface area contributed by atoms with Gasteiger partial charge in [-0.15, -0.1) is 10.2 Å². The molecule has 0 aliphatic heterocycles. The van der Waals surface area contributed by atoms with Gasteiger partial charge in [0.25, 0.3) is 5.91 Å². The minimum atomic E-state index is -0.306. The lowest BCUT2D eigenvalue weighted by Gasteiger charge is -2.23. The number of nitrogens with zero attached hydrogens (tertiary/aromatic N) is 2. The summed E-state index contributed by atoms with van der Waals surface area (Å²) in [5.74, 6) is 0.557. The predicted octanol–water partition coefficient (Wildman–Crippen LogP) is 3.77. The summed E-state index contributed by atoms with van der Waals surface area (Å²) in [6.07, 6.45) is 1.26. The Hall–Kier alpha value is -3.22. The Morgan fingerprint density at radius 2 is 1.85 bits per heavy atom. The highest BCUT2D eigenvalue weighted by Crippen LogP contribution is 2.22. The highest BCUT2D eigenvalue weighted by molar-refractivity contribution is 5.78. The molecule has 1 amide bonds. The molecule has 1 aromatic heterocycles. The van der Waals surface area contributed by atoms with Crippen molar-refractivity contribution in [1.82, 2.24) is 15.5 Å². The Morgan fingerprint density at radius 1 is 1.15 bits per heavy atom. The summed E-state index contributed by atoms with van der Waals surface area (Å²) in [4.78, 5) is 12.3. The van der Waals surface area contributed by atoms with E-state index in [-0.39, 0.29) is 30.3 Å². The maximum Gasteiger partial charge on any atom is 0.258 e. The van der Waals surface area contributed by atoms with Gasteiger partial charge in [-0.2, -0.15) is 0 Å². The van der Waals surface area contributed by atoms with Crippen LogP contribution in [-0.2, 0) is 4.79 Å². The van der Waals surface area contributed by atoms with E-state index >= 15 is 0 Å². The predicted molar refractivity (Wildman–Crippen MR) is 97.4 cm³/mol. The molecule has 0 bridgehead atoms. The Bertz CT molecular complexity index is 863. The first-order chi connectivity index (χ1) is 13.0. The highest BCUT2D eigenvalue weighted by atomic mass is 19.1. The van der Waals surface area contributed by atoms with Crippen molar-refractivity contribution in [3.05, 3.63) is 66.3 Å². The first-order valence-corrected chi connectivity index (χ1v) is 8.57. The van der Waals surface area contributed by atoms with E-state index in [0.29, 0.717) is 11.6 Å². The molecule has 7 heteroatoms. The number of ether oxygens (including phenoxy) is 1. The number of halogens is 1. The van der Waals surface area contributed by atoms with E-state index in [1.165, 1.54) is 18.5 Å². The quantitative estimate of drug-likeness (QED) is 0.686. The fourth-order valence-electron chi connectivity index (χ4n) is 2.66. The topological polar surface area (TPSA) is 77.2 Å². The summed E-state index contributed by atoms with van der Waals surface area (Å²) in [5, 5.41) is 10.4. The average Bonchev–Trinajstić information content (AvgIpc) is 3.20. The molecule has 1 N–H and O–H groups in total. The number of hydrogen-bond donors (Lipinski definition) is 1. The van der Waals surface area contributed by atoms with Crippen LogP contribution in [0.15, 0.2) is 59.3 Å². The first kappa shape index (κ1) is 18.6. The van der Waals surface area contributed by atoms with E-state index in [2.05, 4.69) is 15.5 Å². The maximum atomic E-state index is 13.1. The molecule has 140 valence electrons. The Morgan fingerprint density at radius 3 is 2.44 bits per heavy atom. The standard InChI is InChI=1S/C20H20FN3O3/c1-13(2)19(14-3-7-16(21)8-4-14)23-18(25)11-26-17-9-5-15(6-10-17)20-24-22-12-27-20/h3-10,12-13,19H,11H2,1-2H3,(H,23,25). The zero-order chi connectivity index (χ0) is 19.2. The van der Waals surface area contributed by atoms with Gasteiger partial charge in [0, 0.05) is 5.56 Å². The molecule has 27 heavy (non-hydrogen) atoms. The number of nitrogens with one attached hydrogen (secondary N) is 1. The molecule has 1 heterocycles.